The van der Waals surface area contributed by atoms with E-state index in [1.807, 2.05) is 45.0 Å². The van der Waals surface area contributed by atoms with Crippen LogP contribution < -0.4 is 10.5 Å². The Hall–Kier alpha value is -2.20. The van der Waals surface area contributed by atoms with Crippen molar-refractivity contribution >= 4 is 56.9 Å². The van der Waals surface area contributed by atoms with Crippen LogP contribution in [-0.4, -0.2) is 75.1 Å². The number of thiocarbonyl (C=S) groups is 1. The lowest BCUT2D eigenvalue weighted by molar-refractivity contribution is -0.123. The molecule has 0 saturated carbocycles. The van der Waals surface area contributed by atoms with Crippen LogP contribution in [0.15, 0.2) is 34.0 Å². The predicted molar refractivity (Wildman–Crippen MR) is 140 cm³/mol. The number of pyridine rings is 1. The Kier molecular flexibility index (Phi) is 7.23. The molecule has 176 valence electrons. The number of β-amino-alcohol motifs (C(OH)–C–C–N with tert-alkyl or cyclic N) is 1. The van der Waals surface area contributed by atoms with E-state index in [-0.39, 0.29) is 24.1 Å². The van der Waals surface area contributed by atoms with Crippen LogP contribution in [0.5, 0.6) is 0 Å². The van der Waals surface area contributed by atoms with Crippen LogP contribution in [0.2, 0.25) is 0 Å². The summed E-state index contributed by atoms with van der Waals surface area (Å²) >= 11 is 6.71. The SMILES string of the molecule is CCn1c(=O)c(C=C2SC(=S)N(C(C)C)C2=O)c(N2CCN(CCO)CC2)c2ccccc21. The third kappa shape index (κ3) is 4.47. The standard InChI is InChI=1S/C24H30N4O3S2/c1-4-27-19-8-6-5-7-17(19)21(26-11-9-25(10-12-26)13-14-29)18(22(27)30)15-20-23(31)28(16(2)3)24(32)33-20/h5-8,15-16,29H,4,9-14H2,1-3H3. The highest BCUT2D eigenvalue weighted by Gasteiger charge is 2.34. The Morgan fingerprint density at radius 1 is 1.15 bits per heavy atom. The number of hydrogen-bond donors (Lipinski definition) is 1. The molecular formula is C24H30N4O3S2. The molecule has 7 nitrogen and oxygen atoms in total. The van der Waals surface area contributed by atoms with Crippen molar-refractivity contribution in [2.75, 3.05) is 44.2 Å². The number of hydrogen-bond acceptors (Lipinski definition) is 7. The Morgan fingerprint density at radius 3 is 2.45 bits per heavy atom. The molecule has 9 heteroatoms. The largest absolute Gasteiger partial charge is 0.395 e. The van der Waals surface area contributed by atoms with Gasteiger partial charge in [0.05, 0.1) is 28.3 Å². The summed E-state index contributed by atoms with van der Waals surface area (Å²) in [5.74, 6) is -0.144. The van der Waals surface area contributed by atoms with Gasteiger partial charge in [-0.3, -0.25) is 19.4 Å². The monoisotopic (exact) mass is 486 g/mol. The Balaban J connectivity index is 1.88. The van der Waals surface area contributed by atoms with Gasteiger partial charge in [0.15, 0.2) is 0 Å². The molecule has 1 aromatic heterocycles. The van der Waals surface area contributed by atoms with Crippen LogP contribution in [0.4, 0.5) is 5.69 Å². The number of amides is 1. The van der Waals surface area contributed by atoms with E-state index in [0.29, 0.717) is 27.9 Å². The minimum Gasteiger partial charge on any atom is -0.395 e. The van der Waals surface area contributed by atoms with E-state index >= 15 is 0 Å². The minimum atomic E-state index is -0.144. The van der Waals surface area contributed by atoms with Crippen molar-refractivity contribution in [3.63, 3.8) is 0 Å². The second kappa shape index (κ2) is 9.97. The average molecular weight is 487 g/mol. The smallest absolute Gasteiger partial charge is 0.266 e. The number of para-hydroxylation sites is 1. The third-order valence-corrected chi connectivity index (χ3v) is 7.55. The lowest BCUT2D eigenvalue weighted by atomic mass is 10.0. The highest BCUT2D eigenvalue weighted by molar-refractivity contribution is 8.26. The van der Waals surface area contributed by atoms with Crippen molar-refractivity contribution in [1.82, 2.24) is 14.4 Å². The molecule has 1 N–H and O–H groups in total. The van der Waals surface area contributed by atoms with Crippen molar-refractivity contribution in [3.05, 3.63) is 45.1 Å². The number of aromatic nitrogens is 1. The van der Waals surface area contributed by atoms with E-state index in [4.69, 9.17) is 12.2 Å². The zero-order valence-electron chi connectivity index (χ0n) is 19.3. The minimum absolute atomic E-state index is 0.0358. The van der Waals surface area contributed by atoms with Crippen molar-refractivity contribution in [2.45, 2.75) is 33.4 Å². The number of rotatable bonds is 6. The number of fused-ring (bicyclic) bond motifs is 1. The molecule has 1 aromatic carbocycles. The normalized spacial score (nSPS) is 19.0. The molecule has 0 atom stereocenters. The molecule has 0 unspecified atom stereocenters. The fourth-order valence-electron chi connectivity index (χ4n) is 4.59. The van der Waals surface area contributed by atoms with Crippen molar-refractivity contribution in [2.24, 2.45) is 0 Å². The molecule has 2 aromatic rings. The first-order valence-electron chi connectivity index (χ1n) is 11.4. The van der Waals surface area contributed by atoms with Crippen molar-refractivity contribution in [1.29, 1.82) is 0 Å². The summed E-state index contributed by atoms with van der Waals surface area (Å²) in [4.78, 5) is 33.4. The van der Waals surface area contributed by atoms with Gasteiger partial charge < -0.3 is 14.6 Å². The fourth-order valence-corrected chi connectivity index (χ4v) is 6.09. The molecule has 1 amide bonds. The number of carbonyl (C=O) groups is 1. The van der Waals surface area contributed by atoms with E-state index in [9.17, 15) is 14.7 Å². The Morgan fingerprint density at radius 2 is 1.85 bits per heavy atom. The van der Waals surface area contributed by atoms with E-state index in [1.165, 1.54) is 11.8 Å². The summed E-state index contributed by atoms with van der Waals surface area (Å²) in [5.41, 5.74) is 2.21. The van der Waals surface area contributed by atoms with E-state index in [2.05, 4.69) is 9.80 Å². The fraction of sp³-hybridized carbons (Fsp3) is 0.458. The predicted octanol–water partition coefficient (Wildman–Crippen LogP) is 2.75. The number of aliphatic hydroxyl groups is 1. The Labute approximate surface area is 203 Å². The molecular weight excluding hydrogens is 456 g/mol. The van der Waals surface area contributed by atoms with Gasteiger partial charge in [-0.2, -0.15) is 0 Å². The zero-order chi connectivity index (χ0) is 23.7. The molecule has 2 saturated heterocycles. The molecule has 0 bridgehead atoms. The van der Waals surface area contributed by atoms with Gasteiger partial charge in [-0.1, -0.05) is 42.2 Å². The van der Waals surface area contributed by atoms with Crippen LogP contribution in [0.25, 0.3) is 17.0 Å². The maximum absolute atomic E-state index is 13.7. The number of piperazine rings is 1. The summed E-state index contributed by atoms with van der Waals surface area (Å²) in [6.07, 6.45) is 1.75. The van der Waals surface area contributed by atoms with Crippen LogP contribution in [0, 0.1) is 0 Å². The highest BCUT2D eigenvalue weighted by Crippen LogP contribution is 2.37. The summed E-state index contributed by atoms with van der Waals surface area (Å²) in [7, 11) is 0. The number of benzene rings is 1. The van der Waals surface area contributed by atoms with E-state index in [1.54, 1.807) is 15.5 Å². The number of carbonyl (C=O) groups excluding carboxylic acids is 1. The van der Waals surface area contributed by atoms with Crippen LogP contribution in [0.3, 0.4) is 0 Å². The maximum Gasteiger partial charge on any atom is 0.266 e. The number of aryl methyl sites for hydroxylation is 1. The van der Waals surface area contributed by atoms with Crippen LogP contribution >= 0.6 is 24.0 Å². The quantitative estimate of drug-likeness (QED) is 0.497. The summed E-state index contributed by atoms with van der Waals surface area (Å²) < 4.78 is 2.30. The van der Waals surface area contributed by atoms with Crippen molar-refractivity contribution < 1.29 is 9.90 Å². The van der Waals surface area contributed by atoms with Gasteiger partial charge in [0.2, 0.25) is 0 Å². The molecule has 2 aliphatic heterocycles. The molecule has 2 fully saturated rings. The molecule has 33 heavy (non-hydrogen) atoms. The number of anilines is 1. The zero-order valence-corrected chi connectivity index (χ0v) is 20.9. The average Bonchev–Trinajstić information content (AvgIpc) is 3.08. The summed E-state index contributed by atoms with van der Waals surface area (Å²) in [6.45, 7) is 10.3. The lowest BCUT2D eigenvalue weighted by Crippen LogP contribution is -2.48. The van der Waals surface area contributed by atoms with Crippen molar-refractivity contribution in [3.8, 4) is 0 Å². The van der Waals surface area contributed by atoms with Gasteiger partial charge in [-0.15, -0.1) is 0 Å². The molecule has 4 rings (SSSR count). The molecule has 0 radical (unpaired) electrons. The first kappa shape index (κ1) is 23.9. The lowest BCUT2D eigenvalue weighted by Gasteiger charge is -2.37. The van der Waals surface area contributed by atoms with Gasteiger partial charge in [0.25, 0.3) is 11.5 Å². The van der Waals surface area contributed by atoms with Gasteiger partial charge in [0.1, 0.15) is 4.32 Å². The van der Waals surface area contributed by atoms with Gasteiger partial charge >= 0.3 is 0 Å². The molecule has 2 aliphatic rings. The third-order valence-electron chi connectivity index (χ3n) is 6.22. The second-order valence-corrected chi connectivity index (χ2v) is 10.2. The van der Waals surface area contributed by atoms with E-state index < -0.39 is 0 Å². The first-order chi connectivity index (χ1) is 15.9. The summed E-state index contributed by atoms with van der Waals surface area (Å²) in [6, 6.07) is 7.93. The van der Waals surface area contributed by atoms with Crippen LogP contribution in [-0.2, 0) is 11.3 Å². The van der Waals surface area contributed by atoms with Gasteiger partial charge in [-0.05, 0) is 32.9 Å². The molecule has 3 heterocycles. The second-order valence-electron chi connectivity index (χ2n) is 8.53. The molecule has 0 aliphatic carbocycles. The van der Waals surface area contributed by atoms with Crippen LogP contribution in [0.1, 0.15) is 26.3 Å². The summed E-state index contributed by atoms with van der Waals surface area (Å²) in [5, 5.41) is 10.3. The number of nitrogens with zero attached hydrogens (tertiary/aromatic N) is 4. The number of aliphatic hydroxyl groups excluding tert-OH is 1. The van der Waals surface area contributed by atoms with Gasteiger partial charge in [-0.25, -0.2) is 0 Å². The topological polar surface area (TPSA) is 69.0 Å². The highest BCUT2D eigenvalue weighted by atomic mass is 32.2. The molecule has 0 spiro atoms. The first-order valence-corrected chi connectivity index (χ1v) is 12.6. The van der Waals surface area contributed by atoms with Gasteiger partial charge in [0, 0.05) is 50.7 Å². The van der Waals surface area contributed by atoms with E-state index in [0.717, 1.165) is 42.8 Å². The number of thioether (sulfide) groups is 1. The Bertz CT molecular complexity index is 1170. The maximum atomic E-state index is 13.7.